The number of benzene rings is 2. The number of rotatable bonds is 2. The van der Waals surface area contributed by atoms with Crippen LogP contribution in [0.3, 0.4) is 0 Å². The number of nitrogens with zero attached hydrogens (tertiary/aromatic N) is 2. The largest absolute Gasteiger partial charge is 0.361 e. The Hall–Kier alpha value is -2.43. The van der Waals surface area contributed by atoms with Crippen molar-refractivity contribution >= 4 is 11.6 Å². The van der Waals surface area contributed by atoms with Crippen LogP contribution in [0.25, 0.3) is 0 Å². The molecule has 1 amide bonds. The first kappa shape index (κ1) is 18.0. The summed E-state index contributed by atoms with van der Waals surface area (Å²) >= 11 is 0. The number of fused-ring (bicyclic) bond motifs is 1. The van der Waals surface area contributed by atoms with Crippen molar-refractivity contribution in [3.8, 4) is 0 Å². The van der Waals surface area contributed by atoms with Gasteiger partial charge in [-0.05, 0) is 75.6 Å². The molecule has 2 fully saturated rings. The first-order chi connectivity index (χ1) is 12.9. The van der Waals surface area contributed by atoms with E-state index in [0.29, 0.717) is 12.1 Å². The van der Waals surface area contributed by atoms with Gasteiger partial charge in [0.25, 0.3) is 5.91 Å². The maximum atomic E-state index is 13.8. The van der Waals surface area contributed by atoms with Crippen LogP contribution in [0.2, 0.25) is 0 Å². The van der Waals surface area contributed by atoms with Crippen LogP contribution in [0.4, 0.5) is 14.5 Å². The van der Waals surface area contributed by atoms with Gasteiger partial charge in [-0.25, -0.2) is 8.78 Å². The summed E-state index contributed by atoms with van der Waals surface area (Å²) in [6, 6.07) is 12.7. The van der Waals surface area contributed by atoms with E-state index in [0.717, 1.165) is 24.9 Å². The Kier molecular flexibility index (Phi) is 4.41. The molecule has 2 aliphatic rings. The van der Waals surface area contributed by atoms with E-state index in [-0.39, 0.29) is 35.2 Å². The summed E-state index contributed by atoms with van der Waals surface area (Å²) in [5.41, 5.74) is 1.19. The van der Waals surface area contributed by atoms with Crippen molar-refractivity contribution in [2.45, 2.75) is 50.7 Å². The second-order valence-corrected chi connectivity index (χ2v) is 8.15. The van der Waals surface area contributed by atoms with Crippen molar-refractivity contribution in [1.82, 2.24) is 4.90 Å². The second kappa shape index (κ2) is 6.63. The minimum absolute atomic E-state index is 0.0541. The molecule has 2 heterocycles. The third-order valence-electron chi connectivity index (χ3n) is 5.87. The number of anilines is 1. The summed E-state index contributed by atoms with van der Waals surface area (Å²) < 4.78 is 27.1. The van der Waals surface area contributed by atoms with E-state index in [1.807, 2.05) is 11.0 Å². The van der Waals surface area contributed by atoms with Gasteiger partial charge in [-0.1, -0.05) is 6.07 Å². The Morgan fingerprint density at radius 2 is 1.78 bits per heavy atom. The van der Waals surface area contributed by atoms with Crippen molar-refractivity contribution in [2.75, 3.05) is 11.4 Å². The van der Waals surface area contributed by atoms with Gasteiger partial charge in [-0.2, -0.15) is 0 Å². The lowest BCUT2D eigenvalue weighted by Crippen LogP contribution is -2.52. The van der Waals surface area contributed by atoms with Gasteiger partial charge in [0.1, 0.15) is 11.6 Å². The number of likely N-dealkylation sites (tertiary alicyclic amines) is 1. The zero-order valence-electron chi connectivity index (χ0n) is 15.7. The summed E-state index contributed by atoms with van der Waals surface area (Å²) in [5.74, 6) is -0.647. The number of carbonyl (C=O) groups excluding carboxylic acids is 1. The van der Waals surface area contributed by atoms with Crippen LogP contribution in [0, 0.1) is 11.6 Å². The first-order valence-electron chi connectivity index (χ1n) is 9.48. The Labute approximate surface area is 158 Å². The van der Waals surface area contributed by atoms with Gasteiger partial charge in [0, 0.05) is 23.3 Å². The predicted octanol–water partition coefficient (Wildman–Crippen LogP) is 4.63. The number of piperidine rings is 1. The van der Waals surface area contributed by atoms with Gasteiger partial charge in [0.15, 0.2) is 0 Å². The fourth-order valence-electron chi connectivity index (χ4n) is 4.82. The van der Waals surface area contributed by atoms with E-state index in [1.165, 1.54) is 18.2 Å². The Morgan fingerprint density at radius 1 is 1.04 bits per heavy atom. The van der Waals surface area contributed by atoms with Crippen LogP contribution >= 0.6 is 0 Å². The predicted molar refractivity (Wildman–Crippen MR) is 102 cm³/mol. The van der Waals surface area contributed by atoms with E-state index in [4.69, 9.17) is 0 Å². The summed E-state index contributed by atoms with van der Waals surface area (Å²) in [6.45, 7) is 5.00. The van der Waals surface area contributed by atoms with Gasteiger partial charge in [0.05, 0.1) is 12.1 Å². The molecule has 4 rings (SSSR count). The zero-order valence-corrected chi connectivity index (χ0v) is 15.7. The molecule has 0 aliphatic carbocycles. The molecule has 142 valence electrons. The number of hydrogen-bond donors (Lipinski definition) is 0. The van der Waals surface area contributed by atoms with Crippen LogP contribution in [0.5, 0.6) is 0 Å². The molecule has 0 saturated carbocycles. The standard InChI is InChI=1S/C22H24F2N2O/c1-22(2)14-20-19(26(22)18-6-3-5-17(24)13-18)7-4-12-25(20)21(27)15-8-10-16(23)11-9-15/h3,5-6,8-11,13,19-20H,4,7,12,14H2,1-2H3/t19-,20-/m0/s1. The van der Waals surface area contributed by atoms with Crippen molar-refractivity contribution < 1.29 is 13.6 Å². The normalized spacial score (nSPS) is 24.0. The quantitative estimate of drug-likeness (QED) is 0.770. The van der Waals surface area contributed by atoms with Gasteiger partial charge < -0.3 is 9.80 Å². The highest BCUT2D eigenvalue weighted by atomic mass is 19.1. The molecule has 0 aromatic heterocycles. The fourth-order valence-corrected chi connectivity index (χ4v) is 4.82. The molecule has 2 saturated heterocycles. The molecule has 3 nitrogen and oxygen atoms in total. The van der Waals surface area contributed by atoms with Crippen LogP contribution < -0.4 is 4.90 Å². The van der Waals surface area contributed by atoms with Gasteiger partial charge in [-0.3, -0.25) is 4.79 Å². The average Bonchev–Trinajstić information content (AvgIpc) is 2.91. The molecular formula is C22H24F2N2O. The molecule has 0 unspecified atom stereocenters. The first-order valence-corrected chi connectivity index (χ1v) is 9.48. The van der Waals surface area contributed by atoms with Gasteiger partial charge in [0.2, 0.25) is 0 Å². The summed E-state index contributed by atoms with van der Waals surface area (Å²) in [5, 5.41) is 0. The van der Waals surface area contributed by atoms with Crippen molar-refractivity contribution in [1.29, 1.82) is 0 Å². The molecule has 0 N–H and O–H groups in total. The lowest BCUT2D eigenvalue weighted by Gasteiger charge is -2.42. The summed E-state index contributed by atoms with van der Waals surface area (Å²) in [6.07, 6.45) is 2.69. The minimum atomic E-state index is -0.345. The molecule has 2 aliphatic heterocycles. The molecule has 0 spiro atoms. The number of halogens is 2. The zero-order chi connectivity index (χ0) is 19.2. The summed E-state index contributed by atoms with van der Waals surface area (Å²) in [7, 11) is 0. The number of hydrogen-bond acceptors (Lipinski definition) is 2. The SMILES string of the molecule is CC1(C)C[C@H]2[C@H](CCCN2C(=O)c2ccc(F)cc2)N1c1cccc(F)c1. The van der Waals surface area contributed by atoms with Crippen molar-refractivity contribution in [3.05, 3.63) is 65.7 Å². The smallest absolute Gasteiger partial charge is 0.254 e. The molecular weight excluding hydrogens is 346 g/mol. The van der Waals surface area contributed by atoms with E-state index < -0.39 is 0 Å². The number of carbonyl (C=O) groups is 1. The monoisotopic (exact) mass is 370 g/mol. The average molecular weight is 370 g/mol. The highest BCUT2D eigenvalue weighted by Gasteiger charge is 2.50. The lowest BCUT2D eigenvalue weighted by molar-refractivity contribution is 0.0605. The van der Waals surface area contributed by atoms with Crippen LogP contribution in [-0.4, -0.2) is 35.0 Å². The molecule has 5 heteroatoms. The Balaban J connectivity index is 1.66. The third kappa shape index (κ3) is 3.20. The second-order valence-electron chi connectivity index (χ2n) is 8.15. The molecule has 27 heavy (non-hydrogen) atoms. The molecule has 0 radical (unpaired) electrons. The van der Waals surface area contributed by atoms with Crippen LogP contribution in [0.1, 0.15) is 43.5 Å². The van der Waals surface area contributed by atoms with E-state index >= 15 is 0 Å². The molecule has 0 bridgehead atoms. The highest BCUT2D eigenvalue weighted by Crippen LogP contribution is 2.44. The molecule has 2 atom stereocenters. The van der Waals surface area contributed by atoms with Crippen molar-refractivity contribution in [2.24, 2.45) is 0 Å². The van der Waals surface area contributed by atoms with Crippen LogP contribution in [-0.2, 0) is 0 Å². The van der Waals surface area contributed by atoms with E-state index in [1.54, 1.807) is 24.3 Å². The highest BCUT2D eigenvalue weighted by molar-refractivity contribution is 5.94. The van der Waals surface area contributed by atoms with Crippen molar-refractivity contribution in [3.63, 3.8) is 0 Å². The van der Waals surface area contributed by atoms with Crippen LogP contribution in [0.15, 0.2) is 48.5 Å². The molecule has 2 aromatic rings. The summed E-state index contributed by atoms with van der Waals surface area (Å²) in [4.78, 5) is 17.3. The maximum Gasteiger partial charge on any atom is 0.254 e. The Morgan fingerprint density at radius 3 is 2.48 bits per heavy atom. The fraction of sp³-hybridized carbons (Fsp3) is 0.409. The maximum absolute atomic E-state index is 13.8. The van der Waals surface area contributed by atoms with Gasteiger partial charge >= 0.3 is 0 Å². The number of amides is 1. The lowest BCUT2D eigenvalue weighted by atomic mass is 9.93. The topological polar surface area (TPSA) is 23.6 Å². The van der Waals surface area contributed by atoms with Gasteiger partial charge in [-0.15, -0.1) is 0 Å². The third-order valence-corrected chi connectivity index (χ3v) is 5.87. The van der Waals surface area contributed by atoms with E-state index in [2.05, 4.69) is 18.7 Å². The van der Waals surface area contributed by atoms with E-state index in [9.17, 15) is 13.6 Å². The minimum Gasteiger partial charge on any atom is -0.361 e. The Bertz CT molecular complexity index is 850. The molecule has 2 aromatic carbocycles.